The standard InChI is InChI=1S/C18H18ClN7/c19-16-15(13-11-22-26-8-2-1-5-14(13)26)24-17(18-21-7-9-25(16)18)23-12-4-3-6-20-10-12/h1-2,5,7-9,11-12,20H,3-4,6,10H2,(H,23,24). The van der Waals surface area contributed by atoms with Crippen LogP contribution in [0.2, 0.25) is 5.15 Å². The SMILES string of the molecule is Clc1c(-c2cnn3ccccc23)nc(NC2CCCNC2)c2nccn12. The number of hydrogen-bond donors (Lipinski definition) is 2. The highest BCUT2D eigenvalue weighted by molar-refractivity contribution is 6.32. The normalized spacial score (nSPS) is 17.8. The fourth-order valence-corrected chi connectivity index (χ4v) is 3.79. The maximum atomic E-state index is 6.67. The van der Waals surface area contributed by atoms with Gasteiger partial charge in [0.1, 0.15) is 10.8 Å². The number of hydrogen-bond acceptors (Lipinski definition) is 5. The second-order valence-corrected chi connectivity index (χ2v) is 6.85. The van der Waals surface area contributed by atoms with Gasteiger partial charge in [0.15, 0.2) is 11.5 Å². The van der Waals surface area contributed by atoms with Crippen LogP contribution in [0.4, 0.5) is 5.82 Å². The Morgan fingerprint density at radius 1 is 1.27 bits per heavy atom. The molecule has 4 aromatic rings. The number of imidazole rings is 1. The highest BCUT2D eigenvalue weighted by atomic mass is 35.5. The average Bonchev–Trinajstić information content (AvgIpc) is 3.32. The van der Waals surface area contributed by atoms with Gasteiger partial charge < -0.3 is 10.6 Å². The topological polar surface area (TPSA) is 71.5 Å². The number of anilines is 1. The van der Waals surface area contributed by atoms with Crippen molar-refractivity contribution in [2.75, 3.05) is 18.4 Å². The van der Waals surface area contributed by atoms with Gasteiger partial charge in [-0.1, -0.05) is 17.7 Å². The fourth-order valence-electron chi connectivity index (χ4n) is 3.51. The van der Waals surface area contributed by atoms with Gasteiger partial charge in [-0.3, -0.25) is 4.40 Å². The summed E-state index contributed by atoms with van der Waals surface area (Å²) in [6.45, 7) is 1.99. The van der Waals surface area contributed by atoms with Crippen molar-refractivity contribution in [3.8, 4) is 11.3 Å². The Morgan fingerprint density at radius 3 is 3.12 bits per heavy atom. The van der Waals surface area contributed by atoms with Crippen molar-refractivity contribution in [3.05, 3.63) is 48.1 Å². The Kier molecular flexibility index (Phi) is 3.76. The van der Waals surface area contributed by atoms with Crippen LogP contribution in [0.25, 0.3) is 22.4 Å². The highest BCUT2D eigenvalue weighted by Crippen LogP contribution is 2.32. The van der Waals surface area contributed by atoms with E-state index in [2.05, 4.69) is 20.7 Å². The third kappa shape index (κ3) is 2.51. The van der Waals surface area contributed by atoms with E-state index in [0.717, 1.165) is 48.5 Å². The maximum Gasteiger partial charge on any atom is 0.181 e. The van der Waals surface area contributed by atoms with Crippen LogP contribution >= 0.6 is 11.6 Å². The molecule has 0 saturated carbocycles. The molecule has 5 rings (SSSR count). The molecule has 0 bridgehead atoms. The molecule has 0 radical (unpaired) electrons. The molecule has 1 atom stereocenters. The molecule has 1 unspecified atom stereocenters. The number of piperidine rings is 1. The molecule has 1 aliphatic rings. The van der Waals surface area contributed by atoms with Crippen molar-refractivity contribution in [1.82, 2.24) is 29.3 Å². The zero-order valence-corrected chi connectivity index (χ0v) is 14.8. The second-order valence-electron chi connectivity index (χ2n) is 6.50. The molecule has 26 heavy (non-hydrogen) atoms. The molecule has 5 heterocycles. The Labute approximate surface area is 155 Å². The van der Waals surface area contributed by atoms with Gasteiger partial charge >= 0.3 is 0 Å². The summed E-state index contributed by atoms with van der Waals surface area (Å²) in [6.07, 6.45) is 9.58. The van der Waals surface area contributed by atoms with Crippen LogP contribution in [-0.2, 0) is 0 Å². The van der Waals surface area contributed by atoms with Gasteiger partial charge in [-0.15, -0.1) is 0 Å². The predicted molar refractivity (Wildman–Crippen MR) is 102 cm³/mol. The molecule has 0 aliphatic carbocycles. The zero-order chi connectivity index (χ0) is 17.5. The van der Waals surface area contributed by atoms with Crippen LogP contribution in [0.5, 0.6) is 0 Å². The molecule has 0 spiro atoms. The number of nitrogens with zero attached hydrogens (tertiary/aromatic N) is 5. The third-order valence-electron chi connectivity index (χ3n) is 4.80. The molecule has 2 N–H and O–H groups in total. The van der Waals surface area contributed by atoms with E-state index in [1.54, 1.807) is 12.4 Å². The highest BCUT2D eigenvalue weighted by Gasteiger charge is 2.20. The zero-order valence-electron chi connectivity index (χ0n) is 14.1. The molecule has 1 saturated heterocycles. The van der Waals surface area contributed by atoms with Crippen molar-refractivity contribution in [1.29, 1.82) is 0 Å². The lowest BCUT2D eigenvalue weighted by Crippen LogP contribution is -2.38. The largest absolute Gasteiger partial charge is 0.363 e. The summed E-state index contributed by atoms with van der Waals surface area (Å²) in [6, 6.07) is 6.27. The summed E-state index contributed by atoms with van der Waals surface area (Å²) in [5.74, 6) is 0.749. The van der Waals surface area contributed by atoms with Crippen molar-refractivity contribution >= 4 is 28.6 Å². The molecule has 1 fully saturated rings. The Morgan fingerprint density at radius 2 is 2.23 bits per heavy atom. The average molecular weight is 368 g/mol. The Bertz CT molecular complexity index is 1080. The molecule has 0 aromatic carbocycles. The summed E-state index contributed by atoms with van der Waals surface area (Å²) in [5, 5.41) is 11.9. The fraction of sp³-hybridized carbons (Fsp3) is 0.278. The molecule has 132 valence electrons. The summed E-state index contributed by atoms with van der Waals surface area (Å²) >= 11 is 6.67. The number of pyridine rings is 1. The monoisotopic (exact) mass is 367 g/mol. The number of halogens is 1. The lowest BCUT2D eigenvalue weighted by Gasteiger charge is -2.24. The first-order valence-electron chi connectivity index (χ1n) is 8.74. The molecular formula is C18H18ClN7. The van der Waals surface area contributed by atoms with Crippen LogP contribution in [0.1, 0.15) is 12.8 Å². The molecular weight excluding hydrogens is 350 g/mol. The van der Waals surface area contributed by atoms with E-state index in [-0.39, 0.29) is 0 Å². The number of rotatable bonds is 3. The maximum absolute atomic E-state index is 6.67. The van der Waals surface area contributed by atoms with Gasteiger partial charge in [0.05, 0.1) is 11.7 Å². The molecule has 1 aliphatic heterocycles. The van der Waals surface area contributed by atoms with Gasteiger partial charge in [-0.25, -0.2) is 14.5 Å². The van der Waals surface area contributed by atoms with Crippen molar-refractivity contribution in [2.45, 2.75) is 18.9 Å². The number of aromatic nitrogens is 5. The van der Waals surface area contributed by atoms with E-state index in [0.29, 0.717) is 16.9 Å². The lowest BCUT2D eigenvalue weighted by atomic mass is 10.1. The van der Waals surface area contributed by atoms with Crippen LogP contribution in [0, 0.1) is 0 Å². The second kappa shape index (κ2) is 6.26. The smallest absolute Gasteiger partial charge is 0.181 e. The third-order valence-corrected chi connectivity index (χ3v) is 5.16. The first-order chi connectivity index (χ1) is 12.8. The van der Waals surface area contributed by atoms with Crippen LogP contribution in [0.15, 0.2) is 43.0 Å². The van der Waals surface area contributed by atoms with Crippen LogP contribution < -0.4 is 10.6 Å². The minimum absolute atomic E-state index is 0.328. The Hall–Kier alpha value is -2.64. The van der Waals surface area contributed by atoms with Crippen LogP contribution in [-0.4, -0.2) is 43.1 Å². The van der Waals surface area contributed by atoms with Gasteiger partial charge in [0.25, 0.3) is 0 Å². The molecule has 4 aromatic heterocycles. The van der Waals surface area contributed by atoms with Gasteiger partial charge in [-0.2, -0.15) is 5.10 Å². The molecule has 8 heteroatoms. The summed E-state index contributed by atoms with van der Waals surface area (Å²) in [4.78, 5) is 9.29. The van der Waals surface area contributed by atoms with E-state index >= 15 is 0 Å². The van der Waals surface area contributed by atoms with E-state index in [1.807, 2.05) is 39.5 Å². The van der Waals surface area contributed by atoms with E-state index in [4.69, 9.17) is 16.6 Å². The Balaban J connectivity index is 1.66. The minimum atomic E-state index is 0.328. The first kappa shape index (κ1) is 15.6. The van der Waals surface area contributed by atoms with Crippen molar-refractivity contribution < 1.29 is 0 Å². The van der Waals surface area contributed by atoms with E-state index in [1.165, 1.54) is 0 Å². The quantitative estimate of drug-likeness (QED) is 0.582. The minimum Gasteiger partial charge on any atom is -0.363 e. The predicted octanol–water partition coefficient (Wildman–Crippen LogP) is 2.86. The molecule has 7 nitrogen and oxygen atoms in total. The first-order valence-corrected chi connectivity index (χ1v) is 9.11. The van der Waals surface area contributed by atoms with Gasteiger partial charge in [0, 0.05) is 36.7 Å². The lowest BCUT2D eigenvalue weighted by molar-refractivity contribution is 0.479. The summed E-state index contributed by atoms with van der Waals surface area (Å²) < 4.78 is 3.69. The number of fused-ring (bicyclic) bond motifs is 2. The van der Waals surface area contributed by atoms with E-state index in [9.17, 15) is 0 Å². The van der Waals surface area contributed by atoms with Gasteiger partial charge in [-0.05, 0) is 31.5 Å². The van der Waals surface area contributed by atoms with Crippen molar-refractivity contribution in [2.24, 2.45) is 0 Å². The number of nitrogens with one attached hydrogen (secondary N) is 2. The summed E-state index contributed by atoms with van der Waals surface area (Å²) in [7, 11) is 0. The summed E-state index contributed by atoms with van der Waals surface area (Å²) in [5.41, 5.74) is 3.30. The molecule has 0 amide bonds. The van der Waals surface area contributed by atoms with Crippen LogP contribution in [0.3, 0.4) is 0 Å². The van der Waals surface area contributed by atoms with Gasteiger partial charge in [0.2, 0.25) is 0 Å². The van der Waals surface area contributed by atoms with Crippen molar-refractivity contribution in [3.63, 3.8) is 0 Å². The van der Waals surface area contributed by atoms with E-state index < -0.39 is 0 Å².